The standard InChI is InChI=1S/C23H30O6/c1-4-5-6-9-14-28-22-20(26-2)15-18(16-21(22)27-3)23(25)29-19-11-8-7-10-17(19)12-13-24/h7-8,10-11,15-16,24H,4-6,9,12-14H2,1-3H3. The fraction of sp³-hybridized carbons (Fsp3) is 0.435. The van der Waals surface area contributed by atoms with Crippen molar-refractivity contribution in [2.24, 2.45) is 0 Å². The van der Waals surface area contributed by atoms with E-state index in [4.69, 9.17) is 18.9 Å². The summed E-state index contributed by atoms with van der Waals surface area (Å²) in [4.78, 5) is 12.7. The summed E-state index contributed by atoms with van der Waals surface area (Å²) < 4.78 is 22.3. The Bertz CT molecular complexity index is 762. The molecule has 1 N–H and O–H groups in total. The topological polar surface area (TPSA) is 74.2 Å². The second-order valence-corrected chi connectivity index (χ2v) is 6.59. The first-order chi connectivity index (χ1) is 14.1. The summed E-state index contributed by atoms with van der Waals surface area (Å²) in [6, 6.07) is 10.3. The molecule has 0 atom stereocenters. The van der Waals surface area contributed by atoms with E-state index in [2.05, 4.69) is 6.92 Å². The van der Waals surface area contributed by atoms with Crippen molar-refractivity contribution in [3.8, 4) is 23.0 Å². The average molecular weight is 402 g/mol. The van der Waals surface area contributed by atoms with Crippen LogP contribution in [-0.2, 0) is 6.42 Å². The SMILES string of the molecule is CCCCCCOc1c(OC)cc(C(=O)Oc2ccccc2CCO)cc1OC. The lowest BCUT2D eigenvalue weighted by atomic mass is 10.1. The Morgan fingerprint density at radius 3 is 2.28 bits per heavy atom. The van der Waals surface area contributed by atoms with Gasteiger partial charge in [-0.2, -0.15) is 0 Å². The monoisotopic (exact) mass is 402 g/mol. The van der Waals surface area contributed by atoms with Crippen LogP contribution in [0.4, 0.5) is 0 Å². The van der Waals surface area contributed by atoms with Crippen LogP contribution in [0.5, 0.6) is 23.0 Å². The summed E-state index contributed by atoms with van der Waals surface area (Å²) >= 11 is 0. The average Bonchev–Trinajstić information content (AvgIpc) is 2.74. The molecule has 0 bridgehead atoms. The van der Waals surface area contributed by atoms with Crippen molar-refractivity contribution in [2.75, 3.05) is 27.4 Å². The number of methoxy groups -OCH3 is 2. The van der Waals surface area contributed by atoms with Gasteiger partial charge in [-0.05, 0) is 36.6 Å². The highest BCUT2D eigenvalue weighted by atomic mass is 16.5. The predicted octanol–water partition coefficient (Wildman–Crippen LogP) is 4.42. The summed E-state index contributed by atoms with van der Waals surface area (Å²) in [5.74, 6) is 1.18. The van der Waals surface area contributed by atoms with E-state index in [9.17, 15) is 9.90 Å². The number of unbranched alkanes of at least 4 members (excludes halogenated alkanes) is 3. The molecular weight excluding hydrogens is 372 g/mol. The maximum atomic E-state index is 12.7. The smallest absolute Gasteiger partial charge is 0.343 e. The summed E-state index contributed by atoms with van der Waals surface area (Å²) in [7, 11) is 3.04. The summed E-state index contributed by atoms with van der Waals surface area (Å²) in [6.07, 6.45) is 4.76. The second-order valence-electron chi connectivity index (χ2n) is 6.59. The molecule has 2 aromatic carbocycles. The van der Waals surface area contributed by atoms with Gasteiger partial charge >= 0.3 is 5.97 Å². The quantitative estimate of drug-likeness (QED) is 0.322. The first-order valence-electron chi connectivity index (χ1n) is 9.94. The number of carbonyl (C=O) groups excluding carboxylic acids is 1. The molecule has 2 aromatic rings. The van der Waals surface area contributed by atoms with Crippen molar-refractivity contribution in [1.82, 2.24) is 0 Å². The second kappa shape index (κ2) is 12.0. The molecule has 0 amide bonds. The zero-order valence-electron chi connectivity index (χ0n) is 17.4. The van der Waals surface area contributed by atoms with Crippen LogP contribution in [0.1, 0.15) is 48.5 Å². The minimum atomic E-state index is -0.540. The van der Waals surface area contributed by atoms with Gasteiger partial charge in [0.2, 0.25) is 5.75 Å². The van der Waals surface area contributed by atoms with E-state index in [1.54, 1.807) is 24.3 Å². The molecule has 0 fully saturated rings. The zero-order valence-corrected chi connectivity index (χ0v) is 17.4. The molecule has 0 saturated carbocycles. The van der Waals surface area contributed by atoms with Crippen LogP contribution in [0, 0.1) is 0 Å². The number of hydrogen-bond acceptors (Lipinski definition) is 6. The molecule has 0 heterocycles. The predicted molar refractivity (Wildman–Crippen MR) is 111 cm³/mol. The van der Waals surface area contributed by atoms with E-state index < -0.39 is 5.97 Å². The lowest BCUT2D eigenvalue weighted by Gasteiger charge is -2.16. The van der Waals surface area contributed by atoms with Crippen molar-refractivity contribution in [2.45, 2.75) is 39.0 Å². The maximum Gasteiger partial charge on any atom is 0.343 e. The number of carbonyl (C=O) groups is 1. The molecule has 0 radical (unpaired) electrons. The van der Waals surface area contributed by atoms with Crippen LogP contribution in [0.25, 0.3) is 0 Å². The third-order valence-electron chi connectivity index (χ3n) is 4.50. The molecule has 29 heavy (non-hydrogen) atoms. The number of aliphatic hydroxyl groups is 1. The molecule has 0 spiro atoms. The lowest BCUT2D eigenvalue weighted by molar-refractivity contribution is 0.0731. The van der Waals surface area contributed by atoms with Crippen LogP contribution in [0.2, 0.25) is 0 Å². The Morgan fingerprint density at radius 1 is 0.966 bits per heavy atom. The number of hydrogen-bond donors (Lipinski definition) is 1. The third kappa shape index (κ3) is 6.39. The van der Waals surface area contributed by atoms with E-state index in [0.29, 0.717) is 36.0 Å². The van der Waals surface area contributed by atoms with E-state index in [1.807, 2.05) is 12.1 Å². The van der Waals surface area contributed by atoms with Crippen molar-refractivity contribution in [1.29, 1.82) is 0 Å². The molecule has 158 valence electrons. The first-order valence-corrected chi connectivity index (χ1v) is 9.94. The normalized spacial score (nSPS) is 10.5. The van der Waals surface area contributed by atoms with Gasteiger partial charge < -0.3 is 24.1 Å². The van der Waals surface area contributed by atoms with Crippen LogP contribution in [-0.4, -0.2) is 38.5 Å². The Labute approximate surface area is 172 Å². The highest BCUT2D eigenvalue weighted by molar-refractivity contribution is 5.92. The first kappa shape index (κ1) is 22.6. The number of para-hydroxylation sites is 1. The van der Waals surface area contributed by atoms with Crippen LogP contribution >= 0.6 is 0 Å². The minimum absolute atomic E-state index is 0.0273. The minimum Gasteiger partial charge on any atom is -0.493 e. The van der Waals surface area contributed by atoms with Crippen LogP contribution < -0.4 is 18.9 Å². The molecule has 6 nitrogen and oxygen atoms in total. The van der Waals surface area contributed by atoms with E-state index in [1.165, 1.54) is 20.6 Å². The summed E-state index contributed by atoms with van der Waals surface area (Å²) in [5.41, 5.74) is 1.05. The van der Waals surface area contributed by atoms with Gasteiger partial charge in [0.25, 0.3) is 0 Å². The molecule has 0 aliphatic heterocycles. The van der Waals surface area contributed by atoms with Gasteiger partial charge in [0.15, 0.2) is 11.5 Å². The fourth-order valence-electron chi connectivity index (χ4n) is 2.93. The maximum absolute atomic E-state index is 12.7. The number of aliphatic hydroxyl groups excluding tert-OH is 1. The number of benzene rings is 2. The van der Waals surface area contributed by atoms with Gasteiger partial charge in [0, 0.05) is 6.61 Å². The zero-order chi connectivity index (χ0) is 21.1. The molecule has 0 aliphatic rings. The van der Waals surface area contributed by atoms with Gasteiger partial charge in [-0.15, -0.1) is 0 Å². The largest absolute Gasteiger partial charge is 0.493 e. The third-order valence-corrected chi connectivity index (χ3v) is 4.50. The molecule has 0 saturated heterocycles. The number of esters is 1. The molecule has 0 aliphatic carbocycles. The van der Waals surface area contributed by atoms with E-state index >= 15 is 0 Å². The number of rotatable bonds is 12. The van der Waals surface area contributed by atoms with Crippen LogP contribution in [0.3, 0.4) is 0 Å². The number of ether oxygens (including phenoxy) is 4. The summed E-state index contributed by atoms with van der Waals surface area (Å²) in [5, 5.41) is 9.19. The van der Waals surface area contributed by atoms with Crippen molar-refractivity contribution < 1.29 is 28.8 Å². The Kier molecular flexibility index (Phi) is 9.31. The molecular formula is C23H30O6. The molecule has 0 unspecified atom stereocenters. The van der Waals surface area contributed by atoms with Gasteiger partial charge in [-0.1, -0.05) is 44.4 Å². The molecule has 0 aromatic heterocycles. The highest BCUT2D eigenvalue weighted by Crippen LogP contribution is 2.39. The summed E-state index contributed by atoms with van der Waals surface area (Å²) in [6.45, 7) is 2.68. The van der Waals surface area contributed by atoms with E-state index in [-0.39, 0.29) is 12.2 Å². The van der Waals surface area contributed by atoms with Gasteiger partial charge in [0.1, 0.15) is 5.75 Å². The van der Waals surface area contributed by atoms with Crippen molar-refractivity contribution in [3.63, 3.8) is 0 Å². The van der Waals surface area contributed by atoms with Crippen molar-refractivity contribution >= 4 is 5.97 Å². The van der Waals surface area contributed by atoms with Gasteiger partial charge in [-0.3, -0.25) is 0 Å². The van der Waals surface area contributed by atoms with Gasteiger partial charge in [0.05, 0.1) is 26.4 Å². The van der Waals surface area contributed by atoms with Crippen molar-refractivity contribution in [3.05, 3.63) is 47.5 Å². The lowest BCUT2D eigenvalue weighted by Crippen LogP contribution is -2.11. The Morgan fingerprint density at radius 2 is 1.66 bits per heavy atom. The fourth-order valence-corrected chi connectivity index (χ4v) is 2.93. The van der Waals surface area contributed by atoms with E-state index in [0.717, 1.165) is 24.8 Å². The molecule has 2 rings (SSSR count). The van der Waals surface area contributed by atoms with Gasteiger partial charge in [-0.25, -0.2) is 4.79 Å². The Balaban J connectivity index is 2.19. The van der Waals surface area contributed by atoms with Crippen LogP contribution in [0.15, 0.2) is 36.4 Å². The Hall–Kier alpha value is -2.73. The molecule has 6 heteroatoms. The highest BCUT2D eigenvalue weighted by Gasteiger charge is 2.19.